The van der Waals surface area contributed by atoms with E-state index in [-0.39, 0.29) is 12.4 Å². The van der Waals surface area contributed by atoms with Gasteiger partial charge in [-0.3, -0.25) is 9.59 Å². The Hall–Kier alpha value is -2.40. The van der Waals surface area contributed by atoms with Crippen LogP contribution in [0.3, 0.4) is 0 Å². The van der Waals surface area contributed by atoms with Crippen LogP contribution in [0, 0.1) is 12.7 Å². The fourth-order valence-corrected chi connectivity index (χ4v) is 2.13. The highest BCUT2D eigenvalue weighted by atomic mass is 35.5. The second-order valence-electron chi connectivity index (χ2n) is 5.05. The molecule has 0 fully saturated rings. The van der Waals surface area contributed by atoms with E-state index in [0.29, 0.717) is 17.1 Å². The predicted octanol–water partition coefficient (Wildman–Crippen LogP) is 3.08. The van der Waals surface area contributed by atoms with E-state index in [0.717, 1.165) is 11.1 Å². The molecule has 0 aliphatic heterocycles. The summed E-state index contributed by atoms with van der Waals surface area (Å²) in [6, 6.07) is 11.0. The van der Waals surface area contributed by atoms with Crippen molar-refractivity contribution in [3.8, 4) is 0 Å². The van der Waals surface area contributed by atoms with Crippen LogP contribution >= 0.6 is 11.6 Å². The lowest BCUT2D eigenvalue weighted by molar-refractivity contribution is -0.136. The van der Waals surface area contributed by atoms with Gasteiger partial charge in [0.05, 0.1) is 0 Å². The SMILES string of the molecule is Cc1ccc(Cl)cc1NC(=O)C(=O)NCCc1ccc(F)cc1. The van der Waals surface area contributed by atoms with E-state index in [1.54, 1.807) is 37.3 Å². The monoisotopic (exact) mass is 334 g/mol. The highest BCUT2D eigenvalue weighted by Gasteiger charge is 2.14. The molecule has 0 saturated carbocycles. The van der Waals surface area contributed by atoms with Gasteiger partial charge in [0.25, 0.3) is 0 Å². The number of amides is 2. The van der Waals surface area contributed by atoms with Gasteiger partial charge in [-0.05, 0) is 48.7 Å². The van der Waals surface area contributed by atoms with Crippen LogP contribution in [0.15, 0.2) is 42.5 Å². The van der Waals surface area contributed by atoms with Gasteiger partial charge >= 0.3 is 11.8 Å². The van der Waals surface area contributed by atoms with E-state index in [1.807, 2.05) is 0 Å². The number of carbonyl (C=O) groups is 2. The Morgan fingerprint density at radius 3 is 2.48 bits per heavy atom. The molecule has 0 saturated heterocycles. The molecular weight excluding hydrogens is 319 g/mol. The van der Waals surface area contributed by atoms with Crippen molar-refractivity contribution in [1.82, 2.24) is 5.32 Å². The fourth-order valence-electron chi connectivity index (χ4n) is 1.96. The molecule has 2 amide bonds. The summed E-state index contributed by atoms with van der Waals surface area (Å²) in [6.07, 6.45) is 0.509. The summed E-state index contributed by atoms with van der Waals surface area (Å²) in [7, 11) is 0. The minimum Gasteiger partial charge on any atom is -0.347 e. The molecule has 23 heavy (non-hydrogen) atoms. The van der Waals surface area contributed by atoms with Gasteiger partial charge in [-0.15, -0.1) is 0 Å². The van der Waals surface area contributed by atoms with Gasteiger partial charge in [0.2, 0.25) is 0 Å². The topological polar surface area (TPSA) is 58.2 Å². The number of hydrogen-bond acceptors (Lipinski definition) is 2. The van der Waals surface area contributed by atoms with Crippen LogP contribution in [0.1, 0.15) is 11.1 Å². The maximum Gasteiger partial charge on any atom is 0.313 e. The van der Waals surface area contributed by atoms with Crippen LogP contribution < -0.4 is 10.6 Å². The average molecular weight is 335 g/mol. The Kier molecular flexibility index (Phi) is 5.71. The lowest BCUT2D eigenvalue weighted by Gasteiger charge is -2.09. The average Bonchev–Trinajstić information content (AvgIpc) is 2.52. The van der Waals surface area contributed by atoms with E-state index >= 15 is 0 Å². The van der Waals surface area contributed by atoms with Crippen LogP contribution in [-0.4, -0.2) is 18.4 Å². The second-order valence-corrected chi connectivity index (χ2v) is 5.48. The van der Waals surface area contributed by atoms with E-state index < -0.39 is 11.8 Å². The summed E-state index contributed by atoms with van der Waals surface area (Å²) in [5.74, 6) is -1.80. The quantitative estimate of drug-likeness (QED) is 0.844. The van der Waals surface area contributed by atoms with Crippen molar-refractivity contribution in [1.29, 1.82) is 0 Å². The van der Waals surface area contributed by atoms with Gasteiger partial charge in [0.15, 0.2) is 0 Å². The van der Waals surface area contributed by atoms with E-state index in [9.17, 15) is 14.0 Å². The summed E-state index contributed by atoms with van der Waals surface area (Å²) < 4.78 is 12.8. The Bertz CT molecular complexity index is 717. The molecule has 2 rings (SSSR count). The number of rotatable bonds is 4. The maximum absolute atomic E-state index is 12.8. The third-order valence-electron chi connectivity index (χ3n) is 3.27. The van der Waals surface area contributed by atoms with Gasteiger partial charge in [-0.2, -0.15) is 0 Å². The summed E-state index contributed by atoms with van der Waals surface area (Å²) in [6.45, 7) is 2.09. The first-order valence-corrected chi connectivity index (χ1v) is 7.43. The molecule has 0 atom stereocenters. The van der Waals surface area contributed by atoms with Crippen molar-refractivity contribution in [2.24, 2.45) is 0 Å². The minimum atomic E-state index is -0.755. The minimum absolute atomic E-state index is 0.284. The van der Waals surface area contributed by atoms with E-state index in [2.05, 4.69) is 10.6 Å². The number of anilines is 1. The molecular formula is C17H16ClFN2O2. The molecule has 0 spiro atoms. The lowest BCUT2D eigenvalue weighted by Crippen LogP contribution is -2.36. The fraction of sp³-hybridized carbons (Fsp3) is 0.176. The van der Waals surface area contributed by atoms with Gasteiger partial charge in [0.1, 0.15) is 5.82 Å². The zero-order chi connectivity index (χ0) is 16.8. The maximum atomic E-state index is 12.8. The van der Waals surface area contributed by atoms with Crippen molar-refractivity contribution >= 4 is 29.1 Å². The van der Waals surface area contributed by atoms with Crippen molar-refractivity contribution in [3.63, 3.8) is 0 Å². The molecule has 0 heterocycles. The van der Waals surface area contributed by atoms with Gasteiger partial charge < -0.3 is 10.6 Å². The zero-order valence-corrected chi connectivity index (χ0v) is 13.3. The number of aryl methyl sites for hydroxylation is 1. The molecule has 0 aliphatic rings. The Balaban J connectivity index is 1.84. The number of benzene rings is 2. The van der Waals surface area contributed by atoms with Crippen molar-refractivity contribution in [3.05, 3.63) is 64.4 Å². The summed E-state index contributed by atoms with van der Waals surface area (Å²) in [5, 5.41) is 5.52. The van der Waals surface area contributed by atoms with Crippen LogP contribution in [0.2, 0.25) is 5.02 Å². The summed E-state index contributed by atoms with van der Waals surface area (Å²) in [4.78, 5) is 23.6. The van der Waals surface area contributed by atoms with Crippen LogP contribution in [0.5, 0.6) is 0 Å². The molecule has 0 aliphatic carbocycles. The number of carbonyl (C=O) groups excluding carboxylic acids is 2. The zero-order valence-electron chi connectivity index (χ0n) is 12.5. The van der Waals surface area contributed by atoms with Crippen LogP contribution in [-0.2, 0) is 16.0 Å². The third-order valence-corrected chi connectivity index (χ3v) is 3.50. The number of hydrogen-bond donors (Lipinski definition) is 2. The van der Waals surface area contributed by atoms with E-state index in [4.69, 9.17) is 11.6 Å². The lowest BCUT2D eigenvalue weighted by atomic mass is 10.1. The normalized spacial score (nSPS) is 10.2. The van der Waals surface area contributed by atoms with E-state index in [1.165, 1.54) is 12.1 Å². The standard InChI is InChI=1S/C17H16ClFN2O2/c1-11-2-5-13(18)10-15(11)21-17(23)16(22)20-9-8-12-3-6-14(19)7-4-12/h2-7,10H,8-9H2,1H3,(H,20,22)(H,21,23). The number of nitrogens with one attached hydrogen (secondary N) is 2. The molecule has 0 aromatic heterocycles. The predicted molar refractivity (Wildman–Crippen MR) is 87.9 cm³/mol. The van der Waals surface area contributed by atoms with Crippen LogP contribution in [0.4, 0.5) is 10.1 Å². The molecule has 2 N–H and O–H groups in total. The summed E-state index contributed by atoms with van der Waals surface area (Å²) in [5.41, 5.74) is 2.18. The van der Waals surface area contributed by atoms with Gasteiger partial charge in [-0.1, -0.05) is 29.8 Å². The molecule has 120 valence electrons. The Morgan fingerprint density at radius 1 is 1.09 bits per heavy atom. The molecule has 6 heteroatoms. The third kappa shape index (κ3) is 5.07. The van der Waals surface area contributed by atoms with Crippen molar-refractivity contribution in [2.45, 2.75) is 13.3 Å². The Morgan fingerprint density at radius 2 is 1.78 bits per heavy atom. The Labute approximate surface area is 138 Å². The molecule has 0 bridgehead atoms. The molecule has 0 unspecified atom stereocenters. The highest BCUT2D eigenvalue weighted by Crippen LogP contribution is 2.19. The van der Waals surface area contributed by atoms with Gasteiger partial charge in [0, 0.05) is 17.3 Å². The largest absolute Gasteiger partial charge is 0.347 e. The molecule has 2 aromatic carbocycles. The first-order valence-electron chi connectivity index (χ1n) is 7.05. The molecule has 2 aromatic rings. The highest BCUT2D eigenvalue weighted by molar-refractivity contribution is 6.40. The summed E-state index contributed by atoms with van der Waals surface area (Å²) >= 11 is 5.86. The first kappa shape index (κ1) is 17.0. The van der Waals surface area contributed by atoms with Crippen LogP contribution in [0.25, 0.3) is 0 Å². The van der Waals surface area contributed by atoms with Crippen molar-refractivity contribution < 1.29 is 14.0 Å². The molecule has 4 nitrogen and oxygen atoms in total. The van der Waals surface area contributed by atoms with Crippen molar-refractivity contribution in [2.75, 3.05) is 11.9 Å². The number of halogens is 2. The first-order chi connectivity index (χ1) is 11.0. The second kappa shape index (κ2) is 7.74. The smallest absolute Gasteiger partial charge is 0.313 e. The van der Waals surface area contributed by atoms with Gasteiger partial charge in [-0.25, -0.2) is 4.39 Å². The molecule has 0 radical (unpaired) electrons.